The summed E-state index contributed by atoms with van der Waals surface area (Å²) in [6.07, 6.45) is 1.82. The molecule has 0 amide bonds. The molecule has 5 heteroatoms. The second-order valence-corrected chi connectivity index (χ2v) is 7.54. The van der Waals surface area contributed by atoms with Crippen molar-refractivity contribution in [3.8, 4) is 5.75 Å². The summed E-state index contributed by atoms with van der Waals surface area (Å²) in [5.41, 5.74) is -0.872. The Bertz CT molecular complexity index is 1000. The first-order valence-corrected chi connectivity index (χ1v) is 8.62. The summed E-state index contributed by atoms with van der Waals surface area (Å²) in [5.74, 6) is -1.21. The molecule has 0 spiro atoms. The summed E-state index contributed by atoms with van der Waals surface area (Å²) in [7, 11) is 0. The van der Waals surface area contributed by atoms with E-state index in [0.717, 1.165) is 16.3 Å². The maximum absolute atomic E-state index is 13.1. The van der Waals surface area contributed by atoms with Crippen molar-refractivity contribution in [3.63, 3.8) is 0 Å². The highest BCUT2D eigenvalue weighted by molar-refractivity contribution is 6.16. The van der Waals surface area contributed by atoms with Crippen molar-refractivity contribution < 1.29 is 24.9 Å². The summed E-state index contributed by atoms with van der Waals surface area (Å²) in [4.78, 5) is 25.5. The number of ketones is 2. The molecule has 0 fully saturated rings. The smallest absolute Gasteiger partial charge is 0.191 e. The lowest BCUT2D eigenvalue weighted by Gasteiger charge is -2.44. The van der Waals surface area contributed by atoms with Crippen LogP contribution in [-0.2, 0) is 4.79 Å². The normalized spacial score (nSPS) is 30.1. The van der Waals surface area contributed by atoms with Gasteiger partial charge in [0.1, 0.15) is 18.0 Å². The van der Waals surface area contributed by atoms with Crippen LogP contribution in [0.15, 0.2) is 36.4 Å². The Morgan fingerprint density at radius 2 is 2.00 bits per heavy atom. The maximum Gasteiger partial charge on any atom is 0.191 e. The SMILES string of the molecule is C[C@@H]1C=C2c3ccc4cc(O)ccc4c3C(=O)C[C@]2(C)[C@@]1(O)C(=O)CO. The number of phenolic OH excluding ortho intramolecular Hbond substituents is 1. The van der Waals surface area contributed by atoms with Gasteiger partial charge in [-0.25, -0.2) is 0 Å². The van der Waals surface area contributed by atoms with E-state index in [-0.39, 0.29) is 18.0 Å². The highest BCUT2D eigenvalue weighted by Crippen LogP contribution is 2.59. The fourth-order valence-corrected chi connectivity index (χ4v) is 4.81. The molecule has 0 bridgehead atoms. The van der Waals surface area contributed by atoms with Gasteiger partial charge in [-0.3, -0.25) is 9.59 Å². The third kappa shape index (κ3) is 1.87. The standard InChI is InChI=1S/C21H20O5/c1-11-7-16-15-5-3-12-8-13(23)4-6-14(12)19(15)17(24)9-20(16,2)21(11,26)18(25)10-22/h3-8,11,22-23,26H,9-10H2,1-2H3/t11-,20+,21+/m1/s1. The van der Waals surface area contributed by atoms with E-state index < -0.39 is 29.3 Å². The first-order chi connectivity index (χ1) is 12.2. The third-order valence-corrected chi connectivity index (χ3v) is 6.17. The number of aliphatic hydroxyl groups is 2. The van der Waals surface area contributed by atoms with E-state index >= 15 is 0 Å². The van der Waals surface area contributed by atoms with Crippen LogP contribution in [0.2, 0.25) is 0 Å². The molecule has 0 unspecified atom stereocenters. The number of hydrogen-bond donors (Lipinski definition) is 3. The number of fused-ring (bicyclic) bond motifs is 5. The second-order valence-electron chi connectivity index (χ2n) is 7.54. The zero-order chi connectivity index (χ0) is 18.9. The van der Waals surface area contributed by atoms with Crippen LogP contribution in [0.5, 0.6) is 5.75 Å². The quantitative estimate of drug-likeness (QED) is 0.772. The summed E-state index contributed by atoms with van der Waals surface area (Å²) >= 11 is 0. The second kappa shape index (κ2) is 5.25. The van der Waals surface area contributed by atoms with Crippen LogP contribution < -0.4 is 0 Å². The molecular weight excluding hydrogens is 332 g/mol. The number of aromatic hydroxyl groups is 1. The highest BCUT2D eigenvalue weighted by Gasteiger charge is 2.62. The van der Waals surface area contributed by atoms with Gasteiger partial charge in [0, 0.05) is 23.3 Å². The molecule has 4 rings (SSSR count). The van der Waals surface area contributed by atoms with Crippen molar-refractivity contribution in [2.24, 2.45) is 11.3 Å². The van der Waals surface area contributed by atoms with Crippen molar-refractivity contribution in [1.82, 2.24) is 0 Å². The molecular formula is C21H20O5. The number of rotatable bonds is 2. The van der Waals surface area contributed by atoms with E-state index in [4.69, 9.17) is 0 Å². The fourth-order valence-electron chi connectivity index (χ4n) is 4.81. The van der Waals surface area contributed by atoms with E-state index in [1.165, 1.54) is 0 Å². The van der Waals surface area contributed by atoms with E-state index in [0.29, 0.717) is 11.1 Å². The van der Waals surface area contributed by atoms with Gasteiger partial charge >= 0.3 is 0 Å². The number of carbonyl (C=O) groups excluding carboxylic acids is 2. The van der Waals surface area contributed by atoms with Gasteiger partial charge in [-0.1, -0.05) is 32.1 Å². The van der Waals surface area contributed by atoms with Crippen LogP contribution in [0, 0.1) is 11.3 Å². The largest absolute Gasteiger partial charge is 0.508 e. The minimum Gasteiger partial charge on any atom is -0.508 e. The first kappa shape index (κ1) is 16.9. The van der Waals surface area contributed by atoms with Crippen LogP contribution in [0.25, 0.3) is 16.3 Å². The van der Waals surface area contributed by atoms with Crippen molar-refractivity contribution in [2.45, 2.75) is 25.9 Å². The summed E-state index contributed by atoms with van der Waals surface area (Å²) in [6.45, 7) is 2.68. The molecule has 0 aliphatic heterocycles. The lowest BCUT2D eigenvalue weighted by Crippen LogP contribution is -2.56. The Balaban J connectivity index is 1.99. The first-order valence-electron chi connectivity index (χ1n) is 8.62. The Morgan fingerprint density at radius 1 is 1.27 bits per heavy atom. The highest BCUT2D eigenvalue weighted by atomic mass is 16.3. The van der Waals surface area contributed by atoms with Crippen molar-refractivity contribution >= 4 is 27.9 Å². The van der Waals surface area contributed by atoms with E-state index in [1.54, 1.807) is 38.1 Å². The van der Waals surface area contributed by atoms with Crippen LogP contribution in [0.4, 0.5) is 0 Å². The maximum atomic E-state index is 13.1. The van der Waals surface area contributed by atoms with Crippen molar-refractivity contribution in [2.75, 3.05) is 6.61 Å². The molecule has 0 saturated heterocycles. The van der Waals surface area contributed by atoms with Crippen LogP contribution in [-0.4, -0.2) is 39.1 Å². The Morgan fingerprint density at radius 3 is 2.69 bits per heavy atom. The van der Waals surface area contributed by atoms with Crippen LogP contribution in [0.3, 0.4) is 0 Å². The molecule has 3 N–H and O–H groups in total. The molecule has 0 saturated carbocycles. The van der Waals surface area contributed by atoms with Crippen molar-refractivity contribution in [1.29, 1.82) is 0 Å². The van der Waals surface area contributed by atoms with Gasteiger partial charge in [-0.05, 0) is 40.1 Å². The Kier molecular flexibility index (Phi) is 3.42. The molecule has 0 heterocycles. The minimum atomic E-state index is -1.81. The summed E-state index contributed by atoms with van der Waals surface area (Å²) in [5, 5.41) is 31.8. The molecule has 134 valence electrons. The number of phenols is 1. The predicted molar refractivity (Wildman–Crippen MR) is 96.9 cm³/mol. The zero-order valence-electron chi connectivity index (χ0n) is 14.6. The zero-order valence-corrected chi connectivity index (χ0v) is 14.6. The van der Waals surface area contributed by atoms with Gasteiger partial charge in [0.15, 0.2) is 11.6 Å². The monoisotopic (exact) mass is 352 g/mol. The molecule has 3 atom stereocenters. The number of carbonyl (C=O) groups is 2. The average Bonchev–Trinajstić information content (AvgIpc) is 2.81. The Hall–Kier alpha value is -2.50. The molecule has 2 aromatic carbocycles. The fraction of sp³-hybridized carbons (Fsp3) is 0.333. The number of aliphatic hydroxyl groups excluding tert-OH is 1. The van der Waals surface area contributed by atoms with Gasteiger partial charge in [0.05, 0.1) is 0 Å². The number of Topliss-reactive ketones (excluding diaryl/α,β-unsaturated/α-hetero) is 2. The summed E-state index contributed by atoms with van der Waals surface area (Å²) < 4.78 is 0. The number of benzene rings is 2. The number of hydrogen-bond acceptors (Lipinski definition) is 5. The Labute approximate surface area is 150 Å². The lowest BCUT2D eigenvalue weighted by atomic mass is 9.60. The van der Waals surface area contributed by atoms with E-state index in [9.17, 15) is 24.9 Å². The molecule has 2 aromatic rings. The van der Waals surface area contributed by atoms with Crippen LogP contribution >= 0.6 is 0 Å². The summed E-state index contributed by atoms with van der Waals surface area (Å²) in [6, 6.07) is 8.49. The molecule has 26 heavy (non-hydrogen) atoms. The molecule has 5 nitrogen and oxygen atoms in total. The lowest BCUT2D eigenvalue weighted by molar-refractivity contribution is -0.154. The van der Waals surface area contributed by atoms with Crippen LogP contribution in [0.1, 0.15) is 36.2 Å². The van der Waals surface area contributed by atoms with Gasteiger partial charge in [-0.15, -0.1) is 0 Å². The van der Waals surface area contributed by atoms with Crippen molar-refractivity contribution in [3.05, 3.63) is 47.5 Å². The van der Waals surface area contributed by atoms with Gasteiger partial charge in [-0.2, -0.15) is 0 Å². The molecule has 0 aromatic heterocycles. The van der Waals surface area contributed by atoms with Gasteiger partial charge < -0.3 is 15.3 Å². The van der Waals surface area contributed by atoms with E-state index in [1.807, 2.05) is 12.1 Å². The topological polar surface area (TPSA) is 94.8 Å². The molecule has 2 aliphatic carbocycles. The predicted octanol–water partition coefficient (Wildman–Crippen LogP) is 2.46. The molecule has 2 aliphatic rings. The van der Waals surface area contributed by atoms with Gasteiger partial charge in [0.2, 0.25) is 0 Å². The third-order valence-electron chi connectivity index (χ3n) is 6.17. The van der Waals surface area contributed by atoms with Gasteiger partial charge in [0.25, 0.3) is 0 Å². The average molecular weight is 352 g/mol. The van der Waals surface area contributed by atoms with E-state index in [2.05, 4.69) is 0 Å². The minimum absolute atomic E-state index is 0.0155. The molecule has 0 radical (unpaired) electrons.